The summed E-state index contributed by atoms with van der Waals surface area (Å²) < 4.78 is 13.0. The molecule has 1 unspecified atom stereocenters. The number of rotatable bonds is 5. The van der Waals surface area contributed by atoms with Gasteiger partial charge in [-0.1, -0.05) is 6.92 Å². The average molecular weight is 315 g/mol. The van der Waals surface area contributed by atoms with E-state index in [9.17, 15) is 9.18 Å². The van der Waals surface area contributed by atoms with Gasteiger partial charge in [0, 0.05) is 24.5 Å². The van der Waals surface area contributed by atoms with E-state index >= 15 is 0 Å². The normalized spacial score (nSPS) is 18.3. The maximum atomic E-state index is 13.0. The molecule has 4 nitrogen and oxygen atoms in total. The number of amides is 1. The highest BCUT2D eigenvalue weighted by Crippen LogP contribution is 2.20. The van der Waals surface area contributed by atoms with Gasteiger partial charge in [0.2, 0.25) is 0 Å². The zero-order valence-corrected chi connectivity index (χ0v) is 13.3. The number of benzene rings is 1. The number of nitrogens with zero attached hydrogens (tertiary/aromatic N) is 1. The van der Waals surface area contributed by atoms with Crippen LogP contribution in [0.2, 0.25) is 0 Å². The summed E-state index contributed by atoms with van der Waals surface area (Å²) in [5, 5.41) is 3.02. The fourth-order valence-corrected chi connectivity index (χ4v) is 3.18. The SMILES string of the molecule is CCN1CCCC1CNC(=O)c1c[nH]c(-c2ccc(F)cc2)c1. The van der Waals surface area contributed by atoms with Gasteiger partial charge in [0.1, 0.15) is 5.82 Å². The first-order valence-electron chi connectivity index (χ1n) is 8.14. The van der Waals surface area contributed by atoms with E-state index in [0.29, 0.717) is 18.2 Å². The summed E-state index contributed by atoms with van der Waals surface area (Å²) in [6, 6.07) is 8.46. The molecule has 0 saturated carbocycles. The molecule has 1 saturated heterocycles. The number of carbonyl (C=O) groups excluding carboxylic acids is 1. The first kappa shape index (κ1) is 15.7. The Morgan fingerprint density at radius 1 is 1.39 bits per heavy atom. The second kappa shape index (κ2) is 6.96. The number of hydrogen-bond donors (Lipinski definition) is 2. The van der Waals surface area contributed by atoms with Crippen molar-refractivity contribution in [1.29, 1.82) is 0 Å². The van der Waals surface area contributed by atoms with Crippen molar-refractivity contribution in [2.24, 2.45) is 0 Å². The van der Waals surface area contributed by atoms with Crippen LogP contribution in [0, 0.1) is 5.82 Å². The molecule has 1 atom stereocenters. The largest absolute Gasteiger partial charge is 0.360 e. The van der Waals surface area contributed by atoms with Crippen molar-refractivity contribution < 1.29 is 9.18 Å². The summed E-state index contributed by atoms with van der Waals surface area (Å²) in [7, 11) is 0. The molecule has 0 aliphatic carbocycles. The molecule has 5 heteroatoms. The summed E-state index contributed by atoms with van der Waals surface area (Å²) >= 11 is 0. The molecule has 1 amide bonds. The van der Waals surface area contributed by atoms with Crippen LogP contribution in [0.1, 0.15) is 30.1 Å². The maximum absolute atomic E-state index is 13.0. The Balaban J connectivity index is 1.61. The zero-order chi connectivity index (χ0) is 16.2. The van der Waals surface area contributed by atoms with Gasteiger partial charge in [0.25, 0.3) is 5.91 Å². The highest BCUT2D eigenvalue weighted by atomic mass is 19.1. The van der Waals surface area contributed by atoms with Crippen LogP contribution in [0.3, 0.4) is 0 Å². The summed E-state index contributed by atoms with van der Waals surface area (Å²) in [6.45, 7) is 4.99. The second-order valence-electron chi connectivity index (χ2n) is 5.94. The van der Waals surface area contributed by atoms with Crippen molar-refractivity contribution in [2.75, 3.05) is 19.6 Å². The van der Waals surface area contributed by atoms with E-state index in [4.69, 9.17) is 0 Å². The van der Waals surface area contributed by atoms with Crippen molar-refractivity contribution in [1.82, 2.24) is 15.2 Å². The molecule has 0 radical (unpaired) electrons. The molecule has 1 fully saturated rings. The fraction of sp³-hybridized carbons (Fsp3) is 0.389. The van der Waals surface area contributed by atoms with Gasteiger partial charge in [-0.3, -0.25) is 9.69 Å². The van der Waals surface area contributed by atoms with Gasteiger partial charge in [0.15, 0.2) is 0 Å². The first-order valence-corrected chi connectivity index (χ1v) is 8.14. The lowest BCUT2D eigenvalue weighted by Gasteiger charge is -2.22. The molecule has 122 valence electrons. The van der Waals surface area contributed by atoms with E-state index in [1.54, 1.807) is 24.4 Å². The second-order valence-corrected chi connectivity index (χ2v) is 5.94. The predicted octanol–water partition coefficient (Wildman–Crippen LogP) is 3.03. The molecular formula is C18H22FN3O. The lowest BCUT2D eigenvalue weighted by atomic mass is 10.1. The minimum absolute atomic E-state index is 0.0717. The quantitative estimate of drug-likeness (QED) is 0.891. The Bertz CT molecular complexity index is 665. The van der Waals surface area contributed by atoms with Gasteiger partial charge in [-0.2, -0.15) is 0 Å². The fourth-order valence-electron chi connectivity index (χ4n) is 3.18. The lowest BCUT2D eigenvalue weighted by Crippen LogP contribution is -2.39. The maximum Gasteiger partial charge on any atom is 0.252 e. The van der Waals surface area contributed by atoms with E-state index in [1.807, 2.05) is 0 Å². The molecule has 0 spiro atoms. The third-order valence-corrected chi connectivity index (χ3v) is 4.50. The molecule has 1 aromatic carbocycles. The third-order valence-electron chi connectivity index (χ3n) is 4.50. The van der Waals surface area contributed by atoms with Crippen molar-refractivity contribution >= 4 is 5.91 Å². The van der Waals surface area contributed by atoms with Crippen molar-refractivity contribution in [3.63, 3.8) is 0 Å². The number of carbonyl (C=O) groups is 1. The van der Waals surface area contributed by atoms with Gasteiger partial charge < -0.3 is 10.3 Å². The first-order chi connectivity index (χ1) is 11.2. The topological polar surface area (TPSA) is 48.1 Å². The van der Waals surface area contributed by atoms with Gasteiger partial charge in [0.05, 0.1) is 5.56 Å². The zero-order valence-electron chi connectivity index (χ0n) is 13.3. The summed E-state index contributed by atoms with van der Waals surface area (Å²) in [4.78, 5) is 17.8. The molecule has 1 aliphatic rings. The minimum atomic E-state index is -0.268. The number of aromatic nitrogens is 1. The molecule has 0 bridgehead atoms. The Kier molecular flexibility index (Phi) is 4.76. The van der Waals surface area contributed by atoms with Crippen molar-refractivity contribution in [3.05, 3.63) is 47.9 Å². The number of likely N-dealkylation sites (tertiary alicyclic amines) is 1. The van der Waals surface area contributed by atoms with Crippen LogP contribution in [0.4, 0.5) is 4.39 Å². The van der Waals surface area contributed by atoms with Crippen LogP contribution < -0.4 is 5.32 Å². The van der Waals surface area contributed by atoms with E-state index in [0.717, 1.165) is 30.8 Å². The average Bonchev–Trinajstić information content (AvgIpc) is 3.22. The molecule has 1 aromatic heterocycles. The number of aromatic amines is 1. The Hall–Kier alpha value is -2.14. The molecule has 2 heterocycles. The molecular weight excluding hydrogens is 293 g/mol. The highest BCUT2D eigenvalue weighted by Gasteiger charge is 2.23. The van der Waals surface area contributed by atoms with Gasteiger partial charge >= 0.3 is 0 Å². The Morgan fingerprint density at radius 3 is 2.91 bits per heavy atom. The molecule has 1 aliphatic heterocycles. The van der Waals surface area contributed by atoms with E-state index in [-0.39, 0.29) is 11.7 Å². The molecule has 3 rings (SSSR count). The standard InChI is InChI=1S/C18H22FN3O/c1-2-22-9-3-4-16(22)12-21-18(23)14-10-17(20-11-14)13-5-7-15(19)8-6-13/h5-8,10-11,16,20H,2-4,9,12H2,1H3,(H,21,23). The Labute approximate surface area is 135 Å². The molecule has 2 aromatic rings. The van der Waals surface area contributed by atoms with Crippen LogP contribution in [0.15, 0.2) is 36.5 Å². The highest BCUT2D eigenvalue weighted by molar-refractivity contribution is 5.95. The van der Waals surface area contributed by atoms with Crippen LogP contribution in [-0.4, -0.2) is 41.5 Å². The predicted molar refractivity (Wildman–Crippen MR) is 88.8 cm³/mol. The number of nitrogens with one attached hydrogen (secondary N) is 2. The number of H-pyrrole nitrogens is 1. The number of halogens is 1. The monoisotopic (exact) mass is 315 g/mol. The molecule has 2 N–H and O–H groups in total. The molecule has 23 heavy (non-hydrogen) atoms. The Morgan fingerprint density at radius 2 is 2.17 bits per heavy atom. The van der Waals surface area contributed by atoms with Gasteiger partial charge in [-0.05, 0) is 61.8 Å². The van der Waals surface area contributed by atoms with Gasteiger partial charge in [-0.15, -0.1) is 0 Å². The van der Waals surface area contributed by atoms with E-state index < -0.39 is 0 Å². The minimum Gasteiger partial charge on any atom is -0.360 e. The summed E-state index contributed by atoms with van der Waals surface area (Å²) in [5.41, 5.74) is 2.27. The van der Waals surface area contributed by atoms with Crippen LogP contribution in [0.25, 0.3) is 11.3 Å². The summed E-state index contributed by atoms with van der Waals surface area (Å²) in [6.07, 6.45) is 4.04. The van der Waals surface area contributed by atoms with Crippen LogP contribution >= 0.6 is 0 Å². The number of likely N-dealkylation sites (N-methyl/N-ethyl adjacent to an activating group) is 1. The van der Waals surface area contributed by atoms with E-state index in [1.165, 1.54) is 18.6 Å². The smallest absolute Gasteiger partial charge is 0.252 e. The van der Waals surface area contributed by atoms with Crippen molar-refractivity contribution in [2.45, 2.75) is 25.8 Å². The van der Waals surface area contributed by atoms with Crippen LogP contribution in [-0.2, 0) is 0 Å². The number of hydrogen-bond acceptors (Lipinski definition) is 2. The van der Waals surface area contributed by atoms with Crippen LogP contribution in [0.5, 0.6) is 0 Å². The van der Waals surface area contributed by atoms with E-state index in [2.05, 4.69) is 22.1 Å². The summed E-state index contributed by atoms with van der Waals surface area (Å²) in [5.74, 6) is -0.340. The van der Waals surface area contributed by atoms with Gasteiger partial charge in [-0.25, -0.2) is 4.39 Å². The third kappa shape index (κ3) is 3.62. The van der Waals surface area contributed by atoms with Crippen molar-refractivity contribution in [3.8, 4) is 11.3 Å². The lowest BCUT2D eigenvalue weighted by molar-refractivity contribution is 0.0941.